The van der Waals surface area contributed by atoms with Crippen LogP contribution in [-0.2, 0) is 15.5 Å². The highest BCUT2D eigenvalue weighted by molar-refractivity contribution is 5.78. The molecule has 0 N–H and O–H groups in total. The number of alkyl halides is 2. The summed E-state index contributed by atoms with van der Waals surface area (Å²) in [5.41, 5.74) is 0.613. The number of hydrogen-bond donors (Lipinski definition) is 0. The molecule has 1 aromatic rings. The van der Waals surface area contributed by atoms with Crippen LogP contribution in [0.1, 0.15) is 43.2 Å². The van der Waals surface area contributed by atoms with Gasteiger partial charge in [0.05, 0.1) is 13.0 Å². The zero-order chi connectivity index (χ0) is 14.0. The molecule has 104 valence electrons. The minimum atomic E-state index is -2.79. The Labute approximate surface area is 111 Å². The zero-order valence-corrected chi connectivity index (χ0v) is 11.2. The maximum Gasteiger partial charge on any atom is 0.313 e. The van der Waals surface area contributed by atoms with Gasteiger partial charge in [-0.15, -0.1) is 0 Å². The highest BCUT2D eigenvalue weighted by atomic mass is 19.3. The fraction of sp³-hybridized carbons (Fsp3) is 0.533. The number of halogens is 2. The molecular formula is C15H18F2O2. The molecule has 1 saturated carbocycles. The minimum Gasteiger partial charge on any atom is -0.469 e. The van der Waals surface area contributed by atoms with Crippen LogP contribution in [0, 0.1) is 5.92 Å². The van der Waals surface area contributed by atoms with Gasteiger partial charge in [0.25, 0.3) is 5.92 Å². The van der Waals surface area contributed by atoms with Crippen LogP contribution in [0.25, 0.3) is 0 Å². The van der Waals surface area contributed by atoms with Gasteiger partial charge < -0.3 is 4.74 Å². The lowest BCUT2D eigenvalue weighted by Crippen LogP contribution is -2.18. The third-order valence-electron chi connectivity index (χ3n) is 3.66. The largest absolute Gasteiger partial charge is 0.469 e. The third-order valence-corrected chi connectivity index (χ3v) is 3.66. The fourth-order valence-electron chi connectivity index (χ4n) is 2.33. The van der Waals surface area contributed by atoms with Crippen molar-refractivity contribution in [3.63, 3.8) is 0 Å². The predicted molar refractivity (Wildman–Crippen MR) is 68.1 cm³/mol. The van der Waals surface area contributed by atoms with E-state index in [-0.39, 0.29) is 11.5 Å². The Morgan fingerprint density at radius 1 is 1.47 bits per heavy atom. The number of carbonyl (C=O) groups is 1. The van der Waals surface area contributed by atoms with E-state index in [9.17, 15) is 13.6 Å². The predicted octanol–water partition coefficient (Wildman–Crippen LogP) is 3.86. The van der Waals surface area contributed by atoms with Gasteiger partial charge >= 0.3 is 5.97 Å². The molecule has 1 aliphatic carbocycles. The van der Waals surface area contributed by atoms with E-state index in [1.165, 1.54) is 19.2 Å². The molecule has 0 aliphatic heterocycles. The van der Waals surface area contributed by atoms with Crippen LogP contribution in [0.15, 0.2) is 24.3 Å². The van der Waals surface area contributed by atoms with Crippen molar-refractivity contribution in [2.75, 3.05) is 7.11 Å². The molecule has 19 heavy (non-hydrogen) atoms. The summed E-state index contributed by atoms with van der Waals surface area (Å²) in [5, 5.41) is 0. The molecule has 1 unspecified atom stereocenters. The van der Waals surface area contributed by atoms with Crippen LogP contribution in [0.5, 0.6) is 0 Å². The summed E-state index contributed by atoms with van der Waals surface area (Å²) in [4.78, 5) is 11.6. The summed E-state index contributed by atoms with van der Waals surface area (Å²) in [6.45, 7) is 1.84. The maximum atomic E-state index is 14.1. The van der Waals surface area contributed by atoms with E-state index in [0.29, 0.717) is 24.8 Å². The van der Waals surface area contributed by atoms with Crippen LogP contribution in [0.3, 0.4) is 0 Å². The number of hydrogen-bond acceptors (Lipinski definition) is 2. The molecule has 0 bridgehead atoms. The first-order valence-corrected chi connectivity index (χ1v) is 6.56. The Balaban J connectivity index is 2.30. The first kappa shape index (κ1) is 14.0. The monoisotopic (exact) mass is 268 g/mol. The number of rotatable bonds is 5. The van der Waals surface area contributed by atoms with Crippen LogP contribution in [0.2, 0.25) is 0 Å². The normalized spacial score (nSPS) is 17.1. The summed E-state index contributed by atoms with van der Waals surface area (Å²) in [6.07, 6.45) is 1.68. The topological polar surface area (TPSA) is 26.3 Å². The van der Waals surface area contributed by atoms with E-state index in [1.807, 2.05) is 6.92 Å². The third kappa shape index (κ3) is 2.77. The van der Waals surface area contributed by atoms with Crippen LogP contribution >= 0.6 is 0 Å². The quantitative estimate of drug-likeness (QED) is 0.758. The molecular weight excluding hydrogens is 250 g/mol. The molecule has 1 fully saturated rings. The average Bonchev–Trinajstić information content (AvgIpc) is 3.24. The lowest BCUT2D eigenvalue weighted by atomic mass is 9.92. The SMILES string of the molecule is CCC(C(=O)OC)c1cccc(C(F)(F)C2CC2)c1. The van der Waals surface area contributed by atoms with Gasteiger partial charge in [0.2, 0.25) is 0 Å². The summed E-state index contributed by atoms with van der Waals surface area (Å²) >= 11 is 0. The van der Waals surface area contributed by atoms with Gasteiger partial charge in [-0.25, -0.2) is 8.78 Å². The number of esters is 1. The van der Waals surface area contributed by atoms with E-state index in [0.717, 1.165) is 0 Å². The maximum absolute atomic E-state index is 14.1. The van der Waals surface area contributed by atoms with Crippen molar-refractivity contribution in [2.24, 2.45) is 5.92 Å². The molecule has 1 aromatic carbocycles. The second-order valence-corrected chi connectivity index (χ2v) is 5.01. The molecule has 0 radical (unpaired) electrons. The molecule has 0 amide bonds. The van der Waals surface area contributed by atoms with E-state index < -0.39 is 17.8 Å². The van der Waals surface area contributed by atoms with E-state index in [2.05, 4.69) is 0 Å². The Bertz CT molecular complexity index is 467. The van der Waals surface area contributed by atoms with Crippen LogP contribution < -0.4 is 0 Å². The first-order valence-electron chi connectivity index (χ1n) is 6.56. The van der Waals surface area contributed by atoms with Crippen LogP contribution in [0.4, 0.5) is 8.78 Å². The Hall–Kier alpha value is -1.45. The van der Waals surface area contributed by atoms with Crippen molar-refractivity contribution in [3.05, 3.63) is 35.4 Å². The summed E-state index contributed by atoms with van der Waals surface area (Å²) in [5.74, 6) is -4.18. The minimum absolute atomic E-state index is 0.00912. The fourth-order valence-corrected chi connectivity index (χ4v) is 2.33. The van der Waals surface area contributed by atoms with Gasteiger partial charge in [-0.3, -0.25) is 4.79 Å². The van der Waals surface area contributed by atoms with Crippen molar-refractivity contribution in [3.8, 4) is 0 Å². The highest BCUT2D eigenvalue weighted by Crippen LogP contribution is 2.49. The lowest BCUT2D eigenvalue weighted by Gasteiger charge is -2.19. The first-order chi connectivity index (χ1) is 9.00. The molecule has 0 aromatic heterocycles. The summed E-state index contributed by atoms with van der Waals surface area (Å²) in [7, 11) is 1.31. The number of methoxy groups -OCH3 is 1. The van der Waals surface area contributed by atoms with E-state index >= 15 is 0 Å². The molecule has 0 saturated heterocycles. The van der Waals surface area contributed by atoms with Gasteiger partial charge in [0.15, 0.2) is 0 Å². The molecule has 1 aliphatic rings. The Kier molecular flexibility index (Phi) is 3.88. The molecule has 1 atom stereocenters. The second-order valence-electron chi connectivity index (χ2n) is 5.01. The summed E-state index contributed by atoms with van der Waals surface area (Å²) in [6, 6.07) is 6.18. The van der Waals surface area contributed by atoms with Crippen LogP contribution in [-0.4, -0.2) is 13.1 Å². The van der Waals surface area contributed by atoms with Gasteiger partial charge in [-0.2, -0.15) is 0 Å². The number of carbonyl (C=O) groups excluding carboxylic acids is 1. The van der Waals surface area contributed by atoms with E-state index in [1.54, 1.807) is 12.1 Å². The van der Waals surface area contributed by atoms with E-state index in [4.69, 9.17) is 4.74 Å². The Morgan fingerprint density at radius 3 is 2.68 bits per heavy atom. The molecule has 4 heteroatoms. The molecule has 0 heterocycles. The van der Waals surface area contributed by atoms with Crippen molar-refractivity contribution in [2.45, 2.75) is 38.0 Å². The lowest BCUT2D eigenvalue weighted by molar-refractivity contribution is -0.142. The highest BCUT2D eigenvalue weighted by Gasteiger charge is 2.48. The zero-order valence-electron chi connectivity index (χ0n) is 11.2. The van der Waals surface area contributed by atoms with Crippen molar-refractivity contribution >= 4 is 5.97 Å². The van der Waals surface area contributed by atoms with Gasteiger partial charge in [0.1, 0.15) is 0 Å². The van der Waals surface area contributed by atoms with Gasteiger partial charge in [-0.1, -0.05) is 25.1 Å². The van der Waals surface area contributed by atoms with Crippen molar-refractivity contribution in [1.82, 2.24) is 0 Å². The average molecular weight is 268 g/mol. The molecule has 0 spiro atoms. The smallest absolute Gasteiger partial charge is 0.313 e. The molecule has 2 rings (SSSR count). The van der Waals surface area contributed by atoms with Crippen molar-refractivity contribution < 1.29 is 18.3 Å². The van der Waals surface area contributed by atoms with Crippen molar-refractivity contribution in [1.29, 1.82) is 0 Å². The molecule has 2 nitrogen and oxygen atoms in total. The Morgan fingerprint density at radius 2 is 2.16 bits per heavy atom. The standard InChI is InChI=1S/C15H18F2O2/c1-3-13(14(18)19-2)10-5-4-6-12(9-10)15(16,17)11-7-8-11/h4-6,9,11,13H,3,7-8H2,1-2H3. The summed E-state index contributed by atoms with van der Waals surface area (Å²) < 4.78 is 32.8. The second kappa shape index (κ2) is 5.27. The van der Waals surface area contributed by atoms with Gasteiger partial charge in [-0.05, 0) is 30.9 Å². The number of ether oxygens (including phenoxy) is 1. The number of benzene rings is 1. The van der Waals surface area contributed by atoms with Gasteiger partial charge in [0, 0.05) is 11.5 Å².